The molecule has 13 heteroatoms. The molecule has 0 amide bonds. The van der Waals surface area contributed by atoms with Crippen molar-refractivity contribution < 1.29 is 33.5 Å². The summed E-state index contributed by atoms with van der Waals surface area (Å²) in [6, 6.07) is 0. The summed E-state index contributed by atoms with van der Waals surface area (Å²) in [5.41, 5.74) is 6.30. The third kappa shape index (κ3) is 3.00. The van der Waals surface area contributed by atoms with Crippen molar-refractivity contribution in [3.05, 3.63) is 12.7 Å². The molecule has 132 valence electrons. The van der Waals surface area contributed by atoms with E-state index in [-0.39, 0.29) is 5.82 Å². The van der Waals surface area contributed by atoms with Gasteiger partial charge in [-0.1, -0.05) is 0 Å². The summed E-state index contributed by atoms with van der Waals surface area (Å²) in [5.74, 6) is 0.152. The van der Waals surface area contributed by atoms with Crippen molar-refractivity contribution in [1.82, 2.24) is 19.5 Å². The van der Waals surface area contributed by atoms with E-state index in [9.17, 15) is 19.7 Å². The molecule has 0 radical (unpaired) electrons. The number of aromatic nitrogens is 4. The molecular formula is C11H15N5O7P-. The van der Waals surface area contributed by atoms with Gasteiger partial charge in [0.1, 0.15) is 30.2 Å². The fourth-order valence-corrected chi connectivity index (χ4v) is 2.81. The van der Waals surface area contributed by atoms with E-state index < -0.39 is 39.0 Å². The maximum absolute atomic E-state index is 11.2. The Balaban J connectivity index is 1.82. The molecule has 2 aromatic rings. The van der Waals surface area contributed by atoms with Gasteiger partial charge in [0.05, 0.1) is 12.9 Å². The van der Waals surface area contributed by atoms with Gasteiger partial charge < -0.3 is 34.6 Å². The lowest BCUT2D eigenvalue weighted by Crippen LogP contribution is -2.34. The monoisotopic (exact) mass is 360 g/mol. The molecule has 1 saturated heterocycles. The summed E-state index contributed by atoms with van der Waals surface area (Å²) < 4.78 is 26.8. The molecule has 1 fully saturated rings. The third-order valence-electron chi connectivity index (χ3n) is 3.62. The number of nitrogen functional groups attached to an aromatic ring is 1. The minimum absolute atomic E-state index is 0.152. The van der Waals surface area contributed by atoms with E-state index in [0.717, 1.165) is 7.11 Å². The molecule has 3 heterocycles. The molecule has 4 N–H and O–H groups in total. The highest BCUT2D eigenvalue weighted by atomic mass is 31.2. The number of ether oxygens (including phenoxy) is 1. The van der Waals surface area contributed by atoms with Crippen molar-refractivity contribution in [2.75, 3.05) is 19.5 Å². The predicted octanol–water partition coefficient (Wildman–Crippen LogP) is -1.84. The first-order valence-electron chi connectivity index (χ1n) is 6.80. The largest absolute Gasteiger partial charge is 0.756 e. The maximum atomic E-state index is 11.2. The predicted molar refractivity (Wildman–Crippen MR) is 76.2 cm³/mol. The first-order valence-corrected chi connectivity index (χ1v) is 8.26. The molecule has 24 heavy (non-hydrogen) atoms. The van der Waals surface area contributed by atoms with E-state index in [4.69, 9.17) is 10.5 Å². The SMILES string of the molecule is COP(=O)([O-])OC[C@H]1O[C@@H](n2cnc3c(N)ncnc32)[C@@H](O)C1O. The van der Waals surface area contributed by atoms with Crippen LogP contribution < -0.4 is 10.6 Å². The van der Waals surface area contributed by atoms with E-state index in [2.05, 4.69) is 24.0 Å². The lowest BCUT2D eigenvalue weighted by Gasteiger charge is -2.23. The van der Waals surface area contributed by atoms with Crippen LogP contribution in [0, 0.1) is 0 Å². The van der Waals surface area contributed by atoms with Crippen molar-refractivity contribution in [3.63, 3.8) is 0 Å². The van der Waals surface area contributed by atoms with Gasteiger partial charge in [-0.25, -0.2) is 15.0 Å². The molecule has 0 aliphatic carbocycles. The Bertz CT molecular complexity index is 785. The summed E-state index contributed by atoms with van der Waals surface area (Å²) in [4.78, 5) is 23.1. The molecule has 1 aliphatic rings. The third-order valence-corrected chi connectivity index (χ3v) is 4.53. The molecule has 0 saturated carbocycles. The number of hydrogen-bond acceptors (Lipinski definition) is 11. The molecule has 1 aliphatic heterocycles. The van der Waals surface area contributed by atoms with Crippen molar-refractivity contribution in [1.29, 1.82) is 0 Å². The normalized spacial score (nSPS) is 29.8. The topological polar surface area (TPSA) is 178 Å². The highest BCUT2D eigenvalue weighted by Gasteiger charge is 2.44. The van der Waals surface area contributed by atoms with Crippen LogP contribution in [0.1, 0.15) is 6.23 Å². The Labute approximate surface area is 135 Å². The van der Waals surface area contributed by atoms with Crippen molar-refractivity contribution in [2.45, 2.75) is 24.5 Å². The lowest BCUT2D eigenvalue weighted by atomic mass is 10.1. The van der Waals surface area contributed by atoms with Crippen LogP contribution in [0.5, 0.6) is 0 Å². The van der Waals surface area contributed by atoms with Crippen LogP contribution in [-0.2, 0) is 18.3 Å². The Morgan fingerprint density at radius 1 is 1.42 bits per heavy atom. The zero-order valence-electron chi connectivity index (χ0n) is 12.4. The van der Waals surface area contributed by atoms with Gasteiger partial charge in [0.2, 0.25) is 0 Å². The highest BCUT2D eigenvalue weighted by molar-refractivity contribution is 7.45. The summed E-state index contributed by atoms with van der Waals surface area (Å²) >= 11 is 0. The fraction of sp³-hybridized carbons (Fsp3) is 0.545. The number of phosphoric ester groups is 1. The Morgan fingerprint density at radius 2 is 2.17 bits per heavy atom. The second kappa shape index (κ2) is 6.33. The number of anilines is 1. The van der Waals surface area contributed by atoms with E-state index >= 15 is 0 Å². The van der Waals surface area contributed by atoms with Crippen LogP contribution in [0.4, 0.5) is 5.82 Å². The number of nitrogens with zero attached hydrogens (tertiary/aromatic N) is 4. The van der Waals surface area contributed by atoms with E-state index in [1.165, 1.54) is 17.2 Å². The summed E-state index contributed by atoms with van der Waals surface area (Å²) in [6.45, 7) is -0.521. The van der Waals surface area contributed by atoms with Crippen molar-refractivity contribution in [2.24, 2.45) is 0 Å². The Hall–Kier alpha value is -1.66. The van der Waals surface area contributed by atoms with Crippen LogP contribution in [0.2, 0.25) is 0 Å². The fourth-order valence-electron chi connectivity index (χ4n) is 2.37. The molecule has 2 unspecified atom stereocenters. The van der Waals surface area contributed by atoms with Gasteiger partial charge in [0.15, 0.2) is 17.7 Å². The number of phosphoric acid groups is 1. The first-order chi connectivity index (χ1) is 11.3. The van der Waals surface area contributed by atoms with Gasteiger partial charge in [0.25, 0.3) is 7.82 Å². The second-order valence-electron chi connectivity index (χ2n) is 5.05. The van der Waals surface area contributed by atoms with E-state index in [0.29, 0.717) is 11.2 Å². The molecule has 5 atom stereocenters. The molecule has 0 spiro atoms. The average molecular weight is 360 g/mol. The van der Waals surface area contributed by atoms with Gasteiger partial charge in [-0.05, 0) is 0 Å². The number of fused-ring (bicyclic) bond motifs is 1. The zero-order chi connectivity index (χ0) is 17.5. The summed E-state index contributed by atoms with van der Waals surface area (Å²) in [5, 5.41) is 20.2. The van der Waals surface area contributed by atoms with Crippen LogP contribution in [0.15, 0.2) is 12.7 Å². The Kier molecular flexibility index (Phi) is 4.53. The van der Waals surface area contributed by atoms with Gasteiger partial charge in [-0.3, -0.25) is 9.13 Å². The first kappa shape index (κ1) is 17.2. The van der Waals surface area contributed by atoms with Crippen molar-refractivity contribution in [3.8, 4) is 0 Å². The van der Waals surface area contributed by atoms with Crippen LogP contribution in [0.3, 0.4) is 0 Å². The number of nitrogens with two attached hydrogens (primary N) is 1. The molecule has 12 nitrogen and oxygen atoms in total. The van der Waals surface area contributed by atoms with Gasteiger partial charge in [-0.2, -0.15) is 0 Å². The number of hydrogen-bond donors (Lipinski definition) is 3. The quantitative estimate of drug-likeness (QED) is 0.510. The number of imidazole rings is 1. The molecule has 3 rings (SSSR count). The summed E-state index contributed by atoms with van der Waals surface area (Å²) in [6.07, 6.45) is -2.35. The lowest BCUT2D eigenvalue weighted by molar-refractivity contribution is -0.226. The van der Waals surface area contributed by atoms with Gasteiger partial charge >= 0.3 is 0 Å². The Morgan fingerprint density at radius 3 is 2.88 bits per heavy atom. The maximum Gasteiger partial charge on any atom is 0.267 e. The minimum atomic E-state index is -4.48. The molecule has 0 aromatic carbocycles. The number of rotatable bonds is 5. The molecule has 2 aromatic heterocycles. The average Bonchev–Trinajstić information content (AvgIpc) is 3.10. The zero-order valence-corrected chi connectivity index (χ0v) is 13.3. The number of aliphatic hydroxyl groups excluding tert-OH is 2. The standard InChI is InChI=1S/C11H16N5O7P/c1-21-24(19,20)22-2-5-7(17)8(18)11(23-5)16-4-15-6-9(12)13-3-14-10(6)16/h3-5,7-8,11,17-18H,2H2,1H3,(H,19,20)(H2,12,13,14)/p-1/t5-,7?,8+,11-/m1/s1. The van der Waals surface area contributed by atoms with Crippen LogP contribution >= 0.6 is 7.82 Å². The van der Waals surface area contributed by atoms with Crippen molar-refractivity contribution >= 4 is 24.8 Å². The second-order valence-corrected chi connectivity index (χ2v) is 6.57. The van der Waals surface area contributed by atoms with E-state index in [1.807, 2.05) is 0 Å². The molecule has 0 bridgehead atoms. The number of aliphatic hydroxyl groups is 2. The van der Waals surface area contributed by atoms with Gasteiger partial charge in [0, 0.05) is 7.11 Å². The minimum Gasteiger partial charge on any atom is -0.756 e. The summed E-state index contributed by atoms with van der Waals surface area (Å²) in [7, 11) is -3.53. The van der Waals surface area contributed by atoms with Gasteiger partial charge in [-0.15, -0.1) is 0 Å². The van der Waals surface area contributed by atoms with Crippen LogP contribution in [-0.4, -0.2) is 61.8 Å². The van der Waals surface area contributed by atoms with Crippen LogP contribution in [0.25, 0.3) is 11.2 Å². The van der Waals surface area contributed by atoms with E-state index in [1.54, 1.807) is 0 Å². The smallest absolute Gasteiger partial charge is 0.267 e. The molecular weight excluding hydrogens is 345 g/mol. The highest BCUT2D eigenvalue weighted by Crippen LogP contribution is 2.39.